The summed E-state index contributed by atoms with van der Waals surface area (Å²) in [6.07, 6.45) is 4.32. The highest BCUT2D eigenvalue weighted by atomic mass is 16.2. The van der Waals surface area contributed by atoms with Gasteiger partial charge in [-0.25, -0.2) is 4.79 Å². The molecule has 1 atom stereocenters. The monoisotopic (exact) mass is 185 g/mol. The van der Waals surface area contributed by atoms with Crippen LogP contribution in [0, 0.1) is 0 Å². The Hall–Kier alpha value is -0.770. The Morgan fingerprint density at radius 1 is 1.62 bits per heavy atom. The lowest BCUT2D eigenvalue weighted by atomic mass is 9.93. The van der Waals surface area contributed by atoms with Crippen molar-refractivity contribution in [2.75, 3.05) is 6.54 Å². The van der Waals surface area contributed by atoms with E-state index in [0.717, 1.165) is 19.3 Å². The third kappa shape index (κ3) is 4.12. The van der Waals surface area contributed by atoms with Crippen molar-refractivity contribution in [2.24, 2.45) is 5.73 Å². The molecular weight excluding hydrogens is 166 g/mol. The maximum absolute atomic E-state index is 11.2. The number of hydrogen-bond donors (Lipinski definition) is 3. The Morgan fingerprint density at radius 2 is 2.31 bits per heavy atom. The van der Waals surface area contributed by atoms with Gasteiger partial charge in [-0.1, -0.05) is 0 Å². The van der Waals surface area contributed by atoms with Crippen molar-refractivity contribution in [3.63, 3.8) is 0 Å². The number of rotatable bonds is 4. The Morgan fingerprint density at radius 3 is 2.77 bits per heavy atom. The van der Waals surface area contributed by atoms with Crippen molar-refractivity contribution in [1.29, 1.82) is 0 Å². The minimum absolute atomic E-state index is 0.0506. The number of amides is 2. The van der Waals surface area contributed by atoms with E-state index >= 15 is 0 Å². The van der Waals surface area contributed by atoms with Crippen molar-refractivity contribution in [3.8, 4) is 0 Å². The van der Waals surface area contributed by atoms with Crippen molar-refractivity contribution >= 4 is 6.03 Å². The Bertz CT molecular complexity index is 166. The highest BCUT2D eigenvalue weighted by Crippen LogP contribution is 2.17. The quantitative estimate of drug-likeness (QED) is 0.599. The smallest absolute Gasteiger partial charge is 0.315 e. The van der Waals surface area contributed by atoms with Gasteiger partial charge in [0.2, 0.25) is 0 Å². The zero-order valence-electron chi connectivity index (χ0n) is 8.18. The van der Waals surface area contributed by atoms with E-state index in [4.69, 9.17) is 5.73 Å². The van der Waals surface area contributed by atoms with Crippen molar-refractivity contribution in [1.82, 2.24) is 10.6 Å². The summed E-state index contributed by atoms with van der Waals surface area (Å²) in [5.74, 6) is 0. The summed E-state index contributed by atoms with van der Waals surface area (Å²) in [5.41, 5.74) is 5.55. The molecule has 1 rings (SSSR count). The average molecular weight is 185 g/mol. The molecule has 0 heterocycles. The third-order valence-electron chi connectivity index (χ3n) is 2.33. The van der Waals surface area contributed by atoms with Crippen LogP contribution in [0.2, 0.25) is 0 Å². The summed E-state index contributed by atoms with van der Waals surface area (Å²) < 4.78 is 0. The molecule has 0 aliphatic heterocycles. The second kappa shape index (κ2) is 5.07. The number of urea groups is 1. The first-order valence-electron chi connectivity index (χ1n) is 4.98. The van der Waals surface area contributed by atoms with Gasteiger partial charge < -0.3 is 16.4 Å². The van der Waals surface area contributed by atoms with Crippen LogP contribution in [0.15, 0.2) is 0 Å². The van der Waals surface area contributed by atoms with Crippen LogP contribution in [0.5, 0.6) is 0 Å². The van der Waals surface area contributed by atoms with E-state index in [-0.39, 0.29) is 12.1 Å². The second-order valence-corrected chi connectivity index (χ2v) is 3.79. The van der Waals surface area contributed by atoms with Crippen LogP contribution in [0.3, 0.4) is 0 Å². The van der Waals surface area contributed by atoms with E-state index in [2.05, 4.69) is 10.6 Å². The van der Waals surface area contributed by atoms with Crippen LogP contribution in [-0.2, 0) is 0 Å². The second-order valence-electron chi connectivity index (χ2n) is 3.79. The van der Waals surface area contributed by atoms with Crippen molar-refractivity contribution in [2.45, 2.75) is 44.7 Å². The van der Waals surface area contributed by atoms with Gasteiger partial charge in [0.25, 0.3) is 0 Å². The molecular formula is C9H19N3O. The fraction of sp³-hybridized carbons (Fsp3) is 0.889. The molecule has 0 aromatic heterocycles. The van der Waals surface area contributed by atoms with Gasteiger partial charge >= 0.3 is 6.03 Å². The van der Waals surface area contributed by atoms with Gasteiger partial charge in [0.05, 0.1) is 0 Å². The topological polar surface area (TPSA) is 67.1 Å². The Kier molecular flexibility index (Phi) is 4.02. The zero-order valence-corrected chi connectivity index (χ0v) is 8.18. The Balaban J connectivity index is 1.97. The fourth-order valence-corrected chi connectivity index (χ4v) is 1.20. The minimum atomic E-state index is -0.0506. The van der Waals surface area contributed by atoms with Crippen LogP contribution < -0.4 is 16.4 Å². The number of hydrogen-bond acceptors (Lipinski definition) is 2. The van der Waals surface area contributed by atoms with Gasteiger partial charge in [-0.05, 0) is 32.6 Å². The minimum Gasteiger partial charge on any atom is -0.338 e. The molecule has 4 nitrogen and oxygen atoms in total. The first kappa shape index (κ1) is 10.3. The molecule has 2 amide bonds. The van der Waals surface area contributed by atoms with Gasteiger partial charge in [0, 0.05) is 18.6 Å². The summed E-state index contributed by atoms with van der Waals surface area (Å²) in [5, 5.41) is 5.68. The van der Waals surface area contributed by atoms with E-state index in [0.29, 0.717) is 12.6 Å². The fourth-order valence-electron chi connectivity index (χ4n) is 1.20. The van der Waals surface area contributed by atoms with Gasteiger partial charge in [-0.15, -0.1) is 0 Å². The maximum atomic E-state index is 11.2. The molecule has 76 valence electrons. The number of carbonyl (C=O) groups excluding carboxylic acids is 1. The number of nitrogens with one attached hydrogen (secondary N) is 2. The molecule has 0 aromatic rings. The molecule has 0 saturated heterocycles. The third-order valence-corrected chi connectivity index (χ3v) is 2.33. The number of nitrogens with two attached hydrogens (primary N) is 1. The first-order valence-corrected chi connectivity index (χ1v) is 4.98. The molecule has 0 aromatic carbocycles. The highest BCUT2D eigenvalue weighted by molar-refractivity contribution is 5.74. The maximum Gasteiger partial charge on any atom is 0.315 e. The van der Waals surface area contributed by atoms with Crippen LogP contribution in [0.25, 0.3) is 0 Å². The van der Waals surface area contributed by atoms with E-state index in [9.17, 15) is 4.79 Å². The summed E-state index contributed by atoms with van der Waals surface area (Å²) in [7, 11) is 0. The van der Waals surface area contributed by atoms with Crippen molar-refractivity contribution < 1.29 is 4.79 Å². The predicted molar refractivity (Wildman–Crippen MR) is 52.4 cm³/mol. The molecule has 1 unspecified atom stereocenters. The van der Waals surface area contributed by atoms with Gasteiger partial charge in [0.15, 0.2) is 0 Å². The molecule has 4 heteroatoms. The van der Waals surface area contributed by atoms with Gasteiger partial charge in [-0.2, -0.15) is 0 Å². The normalized spacial score (nSPS) is 18.9. The average Bonchev–Trinajstić information content (AvgIpc) is 1.96. The first-order chi connectivity index (χ1) is 6.18. The van der Waals surface area contributed by atoms with E-state index in [1.807, 2.05) is 6.92 Å². The zero-order chi connectivity index (χ0) is 9.68. The lowest BCUT2D eigenvalue weighted by molar-refractivity contribution is 0.228. The number of carbonyl (C=O) groups is 1. The largest absolute Gasteiger partial charge is 0.338 e. The molecule has 13 heavy (non-hydrogen) atoms. The van der Waals surface area contributed by atoms with Crippen LogP contribution in [0.1, 0.15) is 32.6 Å². The lowest BCUT2D eigenvalue weighted by Gasteiger charge is -2.26. The summed E-state index contributed by atoms with van der Waals surface area (Å²) in [6.45, 7) is 2.60. The van der Waals surface area contributed by atoms with E-state index < -0.39 is 0 Å². The lowest BCUT2D eigenvalue weighted by Crippen LogP contribution is -2.45. The molecule has 1 aliphatic rings. The SMILES string of the molecule is CC(N)CCNC(=O)NC1CCC1. The molecule has 0 bridgehead atoms. The highest BCUT2D eigenvalue weighted by Gasteiger charge is 2.18. The molecule has 4 N–H and O–H groups in total. The van der Waals surface area contributed by atoms with E-state index in [1.54, 1.807) is 0 Å². The van der Waals surface area contributed by atoms with Crippen molar-refractivity contribution in [3.05, 3.63) is 0 Å². The summed E-state index contributed by atoms with van der Waals surface area (Å²) >= 11 is 0. The van der Waals surface area contributed by atoms with Crippen LogP contribution in [-0.4, -0.2) is 24.7 Å². The van der Waals surface area contributed by atoms with Gasteiger partial charge in [0.1, 0.15) is 0 Å². The molecule has 1 saturated carbocycles. The Labute approximate surface area is 79.3 Å². The summed E-state index contributed by atoms with van der Waals surface area (Å²) in [6, 6.07) is 0.518. The molecule has 0 spiro atoms. The van der Waals surface area contributed by atoms with Gasteiger partial charge in [-0.3, -0.25) is 0 Å². The van der Waals surface area contributed by atoms with Crippen LogP contribution >= 0.6 is 0 Å². The summed E-state index contributed by atoms with van der Waals surface area (Å²) in [4.78, 5) is 11.2. The molecule has 0 radical (unpaired) electrons. The standard InChI is InChI=1S/C9H19N3O/c1-7(10)5-6-11-9(13)12-8-3-2-4-8/h7-8H,2-6,10H2,1H3,(H2,11,12,13). The van der Waals surface area contributed by atoms with Crippen LogP contribution in [0.4, 0.5) is 4.79 Å². The molecule has 1 aliphatic carbocycles. The predicted octanol–water partition coefficient (Wildman–Crippen LogP) is 0.575. The molecule has 1 fully saturated rings. The van der Waals surface area contributed by atoms with E-state index in [1.165, 1.54) is 6.42 Å².